The minimum absolute atomic E-state index is 0.0377. The van der Waals surface area contributed by atoms with Gasteiger partial charge in [-0.05, 0) is 32.4 Å². The summed E-state index contributed by atoms with van der Waals surface area (Å²) in [6.45, 7) is 5.80. The first-order valence-corrected chi connectivity index (χ1v) is 6.53. The highest BCUT2D eigenvalue weighted by atomic mass is 35.5. The van der Waals surface area contributed by atoms with Gasteiger partial charge in [0, 0.05) is 13.1 Å². The number of hydrogen-bond acceptors (Lipinski definition) is 2. The summed E-state index contributed by atoms with van der Waals surface area (Å²) in [7, 11) is 1.79. The van der Waals surface area contributed by atoms with Gasteiger partial charge in [-0.3, -0.25) is 4.79 Å². The van der Waals surface area contributed by atoms with Gasteiger partial charge in [0.1, 0.15) is 5.75 Å². The van der Waals surface area contributed by atoms with Crippen molar-refractivity contribution in [3.05, 3.63) is 29.3 Å². The maximum absolute atomic E-state index is 12.1. The Morgan fingerprint density at radius 3 is 2.56 bits per heavy atom. The standard InChI is InChI=1S/C14H20ClNO2/c1-5-10(2)16(4)14(17)11(3)18-13-9-7-6-8-12(13)15/h6-11H,5H2,1-4H3. The summed E-state index contributed by atoms with van der Waals surface area (Å²) in [6.07, 6.45) is 0.380. The Morgan fingerprint density at radius 1 is 1.39 bits per heavy atom. The predicted octanol–water partition coefficient (Wildman–Crippen LogP) is 3.36. The zero-order valence-electron chi connectivity index (χ0n) is 11.3. The molecule has 1 aromatic rings. The molecule has 18 heavy (non-hydrogen) atoms. The van der Waals surface area contributed by atoms with Crippen LogP contribution < -0.4 is 4.74 Å². The predicted molar refractivity (Wildman–Crippen MR) is 74.1 cm³/mol. The number of para-hydroxylation sites is 1. The second kappa shape index (κ2) is 6.64. The van der Waals surface area contributed by atoms with Gasteiger partial charge in [0.15, 0.2) is 6.10 Å². The van der Waals surface area contributed by atoms with Crippen LogP contribution in [0.1, 0.15) is 27.2 Å². The van der Waals surface area contributed by atoms with Crippen LogP contribution in [0.15, 0.2) is 24.3 Å². The van der Waals surface area contributed by atoms with Crippen molar-refractivity contribution in [3.8, 4) is 5.75 Å². The lowest BCUT2D eigenvalue weighted by atomic mass is 10.2. The Balaban J connectivity index is 2.68. The SMILES string of the molecule is CCC(C)N(C)C(=O)C(C)Oc1ccccc1Cl. The third kappa shape index (κ3) is 3.64. The van der Waals surface area contributed by atoms with Crippen molar-refractivity contribution < 1.29 is 9.53 Å². The van der Waals surface area contributed by atoms with Crippen molar-refractivity contribution >= 4 is 17.5 Å². The van der Waals surface area contributed by atoms with Crippen LogP contribution in [-0.4, -0.2) is 30.0 Å². The van der Waals surface area contributed by atoms with Gasteiger partial charge in [-0.2, -0.15) is 0 Å². The number of rotatable bonds is 5. The van der Waals surface area contributed by atoms with Gasteiger partial charge in [0.05, 0.1) is 5.02 Å². The quantitative estimate of drug-likeness (QED) is 0.820. The molecule has 0 fully saturated rings. The molecule has 1 aromatic carbocycles. The number of carbonyl (C=O) groups excluding carboxylic acids is 1. The fraction of sp³-hybridized carbons (Fsp3) is 0.500. The largest absolute Gasteiger partial charge is 0.479 e. The molecule has 0 saturated carbocycles. The monoisotopic (exact) mass is 269 g/mol. The van der Waals surface area contributed by atoms with Gasteiger partial charge in [-0.15, -0.1) is 0 Å². The molecule has 0 aliphatic rings. The number of halogens is 1. The number of nitrogens with zero attached hydrogens (tertiary/aromatic N) is 1. The highest BCUT2D eigenvalue weighted by Crippen LogP contribution is 2.24. The first-order valence-electron chi connectivity index (χ1n) is 6.15. The average molecular weight is 270 g/mol. The molecule has 2 atom stereocenters. The van der Waals surface area contributed by atoms with Gasteiger partial charge in [-0.1, -0.05) is 30.7 Å². The fourth-order valence-electron chi connectivity index (χ4n) is 1.56. The average Bonchev–Trinajstić information content (AvgIpc) is 2.38. The van der Waals surface area contributed by atoms with Gasteiger partial charge >= 0.3 is 0 Å². The third-order valence-electron chi connectivity index (χ3n) is 3.09. The Hall–Kier alpha value is -1.22. The molecule has 0 heterocycles. The molecule has 100 valence electrons. The molecule has 0 N–H and O–H groups in total. The second-order valence-electron chi connectivity index (χ2n) is 4.40. The maximum atomic E-state index is 12.1. The first-order chi connectivity index (χ1) is 8.47. The van der Waals surface area contributed by atoms with Gasteiger partial charge in [-0.25, -0.2) is 0 Å². The lowest BCUT2D eigenvalue weighted by molar-refractivity contribution is -0.138. The van der Waals surface area contributed by atoms with Gasteiger partial charge in [0.2, 0.25) is 0 Å². The summed E-state index contributed by atoms with van der Waals surface area (Å²) in [5.74, 6) is 0.502. The number of benzene rings is 1. The number of amides is 1. The Bertz CT molecular complexity index is 409. The minimum Gasteiger partial charge on any atom is -0.479 e. The van der Waals surface area contributed by atoms with Crippen LogP contribution in [0.4, 0.5) is 0 Å². The highest BCUT2D eigenvalue weighted by molar-refractivity contribution is 6.32. The Kier molecular flexibility index (Phi) is 5.48. The normalized spacial score (nSPS) is 13.8. The molecule has 1 rings (SSSR count). The Labute approximate surface area is 114 Å². The van der Waals surface area contributed by atoms with E-state index in [1.807, 2.05) is 26.0 Å². The van der Waals surface area contributed by atoms with E-state index in [2.05, 4.69) is 0 Å². The molecule has 3 nitrogen and oxygen atoms in total. The summed E-state index contributed by atoms with van der Waals surface area (Å²) in [6, 6.07) is 7.36. The molecule has 1 amide bonds. The smallest absolute Gasteiger partial charge is 0.263 e. The van der Waals surface area contributed by atoms with E-state index in [0.29, 0.717) is 10.8 Å². The lowest BCUT2D eigenvalue weighted by Crippen LogP contribution is -2.42. The molecule has 4 heteroatoms. The summed E-state index contributed by atoms with van der Waals surface area (Å²) in [5, 5.41) is 0.517. The van der Waals surface area contributed by atoms with Crippen LogP contribution in [0.25, 0.3) is 0 Å². The maximum Gasteiger partial charge on any atom is 0.263 e. The lowest BCUT2D eigenvalue weighted by Gasteiger charge is -2.27. The van der Waals surface area contributed by atoms with E-state index in [0.717, 1.165) is 6.42 Å². The summed E-state index contributed by atoms with van der Waals surface area (Å²) in [5.41, 5.74) is 0. The molecule has 0 spiro atoms. The molecule has 0 aliphatic carbocycles. The highest BCUT2D eigenvalue weighted by Gasteiger charge is 2.22. The third-order valence-corrected chi connectivity index (χ3v) is 3.40. The van der Waals surface area contributed by atoms with Crippen LogP contribution in [0.3, 0.4) is 0 Å². The van der Waals surface area contributed by atoms with Crippen molar-refractivity contribution in [1.29, 1.82) is 0 Å². The molecule has 0 aliphatic heterocycles. The van der Waals surface area contributed by atoms with Crippen molar-refractivity contribution in [3.63, 3.8) is 0 Å². The summed E-state index contributed by atoms with van der Waals surface area (Å²) in [4.78, 5) is 13.8. The van der Waals surface area contributed by atoms with Crippen molar-refractivity contribution in [2.45, 2.75) is 39.3 Å². The first kappa shape index (κ1) is 14.8. The van der Waals surface area contributed by atoms with Crippen LogP contribution >= 0.6 is 11.6 Å². The number of hydrogen-bond donors (Lipinski definition) is 0. The summed E-state index contributed by atoms with van der Waals surface area (Å²) >= 11 is 5.99. The molecule has 2 unspecified atom stereocenters. The molecule has 0 aromatic heterocycles. The summed E-state index contributed by atoms with van der Waals surface area (Å²) < 4.78 is 5.60. The van der Waals surface area contributed by atoms with E-state index in [-0.39, 0.29) is 11.9 Å². The van der Waals surface area contributed by atoms with Gasteiger partial charge < -0.3 is 9.64 Å². The van der Waals surface area contributed by atoms with Crippen LogP contribution in [0, 0.1) is 0 Å². The fourth-order valence-corrected chi connectivity index (χ4v) is 1.74. The topological polar surface area (TPSA) is 29.5 Å². The van der Waals surface area contributed by atoms with Crippen molar-refractivity contribution in [2.75, 3.05) is 7.05 Å². The van der Waals surface area contributed by atoms with E-state index < -0.39 is 6.10 Å². The minimum atomic E-state index is -0.538. The zero-order chi connectivity index (χ0) is 13.7. The van der Waals surface area contributed by atoms with Crippen molar-refractivity contribution in [1.82, 2.24) is 4.90 Å². The van der Waals surface area contributed by atoms with E-state index in [4.69, 9.17) is 16.3 Å². The number of carbonyl (C=O) groups is 1. The second-order valence-corrected chi connectivity index (χ2v) is 4.80. The molecule has 0 bridgehead atoms. The molecular formula is C14H20ClNO2. The van der Waals surface area contributed by atoms with Crippen LogP contribution in [0.5, 0.6) is 5.75 Å². The van der Waals surface area contributed by atoms with E-state index in [1.54, 1.807) is 31.0 Å². The van der Waals surface area contributed by atoms with Crippen molar-refractivity contribution in [2.24, 2.45) is 0 Å². The van der Waals surface area contributed by atoms with E-state index in [9.17, 15) is 4.79 Å². The van der Waals surface area contributed by atoms with Crippen LogP contribution in [-0.2, 0) is 4.79 Å². The zero-order valence-corrected chi connectivity index (χ0v) is 12.1. The number of likely N-dealkylation sites (N-methyl/N-ethyl adjacent to an activating group) is 1. The molecule has 0 saturated heterocycles. The molecular weight excluding hydrogens is 250 g/mol. The van der Waals surface area contributed by atoms with E-state index in [1.165, 1.54) is 0 Å². The van der Waals surface area contributed by atoms with Crippen LogP contribution in [0.2, 0.25) is 5.02 Å². The van der Waals surface area contributed by atoms with Gasteiger partial charge in [0.25, 0.3) is 5.91 Å². The number of ether oxygens (including phenoxy) is 1. The molecule has 0 radical (unpaired) electrons. The Morgan fingerprint density at radius 2 is 2.00 bits per heavy atom. The van der Waals surface area contributed by atoms with E-state index >= 15 is 0 Å².